The molecule has 18 heavy (non-hydrogen) atoms. The van der Waals surface area contributed by atoms with Crippen LogP contribution in [-0.2, 0) is 6.54 Å². The second-order valence-electron chi connectivity index (χ2n) is 5.03. The number of aliphatic hydroxyl groups excluding tert-OH is 1. The van der Waals surface area contributed by atoms with Crippen molar-refractivity contribution in [1.29, 1.82) is 0 Å². The van der Waals surface area contributed by atoms with Crippen LogP contribution in [0.1, 0.15) is 42.9 Å². The third-order valence-electron chi connectivity index (χ3n) is 3.67. The van der Waals surface area contributed by atoms with Crippen molar-refractivity contribution >= 4 is 11.3 Å². The van der Waals surface area contributed by atoms with Crippen LogP contribution in [0.4, 0.5) is 0 Å². The molecule has 1 N–H and O–H groups in total. The van der Waals surface area contributed by atoms with E-state index < -0.39 is 0 Å². The molecule has 1 saturated heterocycles. The molecule has 3 heteroatoms. The maximum Gasteiger partial charge on any atom is 0.104 e. The molecule has 1 aliphatic rings. The normalized spacial score (nSPS) is 24.6. The van der Waals surface area contributed by atoms with Gasteiger partial charge in [-0.05, 0) is 38.8 Å². The quantitative estimate of drug-likeness (QED) is 0.829. The minimum absolute atomic E-state index is 0.0621. The Morgan fingerprint density at radius 3 is 2.72 bits per heavy atom. The molecule has 0 aliphatic carbocycles. The van der Waals surface area contributed by atoms with Crippen molar-refractivity contribution in [2.75, 3.05) is 6.61 Å². The van der Waals surface area contributed by atoms with E-state index in [0.29, 0.717) is 12.1 Å². The average Bonchev–Trinajstić information content (AvgIpc) is 2.79. The number of aliphatic hydroxyl groups is 1. The highest BCUT2D eigenvalue weighted by molar-refractivity contribution is 7.12. The van der Waals surface area contributed by atoms with Gasteiger partial charge in [-0.15, -0.1) is 11.3 Å². The number of hydrogen-bond donors (Lipinski definition) is 1. The SMILES string of the molecule is CC1CCCC(C)N1Cc1ccc(C#CCO)s1. The van der Waals surface area contributed by atoms with E-state index in [1.54, 1.807) is 11.3 Å². The Morgan fingerprint density at radius 2 is 2.06 bits per heavy atom. The summed E-state index contributed by atoms with van der Waals surface area (Å²) in [5.41, 5.74) is 0. The van der Waals surface area contributed by atoms with Gasteiger partial charge >= 0.3 is 0 Å². The summed E-state index contributed by atoms with van der Waals surface area (Å²) >= 11 is 1.74. The molecule has 1 aromatic rings. The van der Waals surface area contributed by atoms with Crippen molar-refractivity contribution < 1.29 is 5.11 Å². The van der Waals surface area contributed by atoms with Crippen molar-refractivity contribution in [2.24, 2.45) is 0 Å². The summed E-state index contributed by atoms with van der Waals surface area (Å²) in [5, 5.41) is 8.69. The standard InChI is InChI=1S/C15H21NOS/c1-12-5-3-6-13(2)16(12)11-15-9-8-14(18-15)7-4-10-17/h8-9,12-13,17H,3,5-6,10-11H2,1-2H3. The van der Waals surface area contributed by atoms with Gasteiger partial charge in [-0.1, -0.05) is 18.3 Å². The molecule has 2 rings (SSSR count). The molecular weight excluding hydrogens is 242 g/mol. The van der Waals surface area contributed by atoms with E-state index >= 15 is 0 Å². The lowest BCUT2D eigenvalue weighted by Gasteiger charge is -2.38. The lowest BCUT2D eigenvalue weighted by Crippen LogP contribution is -2.42. The van der Waals surface area contributed by atoms with Crippen LogP contribution >= 0.6 is 11.3 Å². The Kier molecular flexibility index (Phi) is 4.82. The molecule has 0 aromatic carbocycles. The minimum Gasteiger partial charge on any atom is -0.384 e. The first-order valence-electron chi connectivity index (χ1n) is 6.65. The Labute approximate surface area is 114 Å². The van der Waals surface area contributed by atoms with Gasteiger partial charge in [-0.3, -0.25) is 4.90 Å². The third-order valence-corrected chi connectivity index (χ3v) is 4.65. The molecule has 2 nitrogen and oxygen atoms in total. The van der Waals surface area contributed by atoms with Crippen LogP contribution in [0.15, 0.2) is 12.1 Å². The van der Waals surface area contributed by atoms with Gasteiger partial charge in [-0.25, -0.2) is 0 Å². The summed E-state index contributed by atoms with van der Waals surface area (Å²) < 4.78 is 0. The number of rotatable bonds is 2. The van der Waals surface area contributed by atoms with E-state index in [2.05, 4.69) is 42.7 Å². The summed E-state index contributed by atoms with van der Waals surface area (Å²) in [4.78, 5) is 5.02. The van der Waals surface area contributed by atoms with Gasteiger partial charge in [-0.2, -0.15) is 0 Å². The summed E-state index contributed by atoms with van der Waals surface area (Å²) in [6.07, 6.45) is 3.98. The second kappa shape index (κ2) is 6.38. The lowest BCUT2D eigenvalue weighted by atomic mass is 9.97. The lowest BCUT2D eigenvalue weighted by molar-refractivity contribution is 0.0964. The molecule has 2 unspecified atom stereocenters. The predicted molar refractivity (Wildman–Crippen MR) is 76.6 cm³/mol. The average molecular weight is 263 g/mol. The number of piperidine rings is 1. The Morgan fingerprint density at radius 1 is 1.33 bits per heavy atom. The first kappa shape index (κ1) is 13.6. The number of hydrogen-bond acceptors (Lipinski definition) is 3. The van der Waals surface area contributed by atoms with E-state index in [1.165, 1.54) is 24.1 Å². The fourth-order valence-electron chi connectivity index (χ4n) is 2.62. The molecule has 0 bridgehead atoms. The predicted octanol–water partition coefficient (Wildman–Crippen LogP) is 2.85. The number of likely N-dealkylation sites (tertiary alicyclic amines) is 1. The molecule has 98 valence electrons. The van der Waals surface area contributed by atoms with Gasteiger partial charge in [0.1, 0.15) is 6.61 Å². The molecule has 2 heterocycles. The smallest absolute Gasteiger partial charge is 0.104 e. The van der Waals surface area contributed by atoms with Gasteiger partial charge in [0.05, 0.1) is 4.88 Å². The highest BCUT2D eigenvalue weighted by atomic mass is 32.1. The maximum absolute atomic E-state index is 8.69. The molecule has 0 saturated carbocycles. The van der Waals surface area contributed by atoms with Crippen LogP contribution in [0, 0.1) is 11.8 Å². The van der Waals surface area contributed by atoms with Crippen LogP contribution in [0.5, 0.6) is 0 Å². The zero-order valence-electron chi connectivity index (χ0n) is 11.1. The van der Waals surface area contributed by atoms with Gasteiger partial charge < -0.3 is 5.11 Å². The first-order chi connectivity index (χ1) is 8.70. The molecule has 1 fully saturated rings. The van der Waals surface area contributed by atoms with E-state index in [-0.39, 0.29) is 6.61 Å². The Bertz CT molecular complexity index is 433. The van der Waals surface area contributed by atoms with Crippen LogP contribution in [0.3, 0.4) is 0 Å². The zero-order valence-corrected chi connectivity index (χ0v) is 12.0. The molecule has 0 spiro atoms. The van der Waals surface area contributed by atoms with E-state index in [1.807, 2.05) is 0 Å². The van der Waals surface area contributed by atoms with E-state index in [0.717, 1.165) is 11.4 Å². The Balaban J connectivity index is 2.01. The van der Waals surface area contributed by atoms with Crippen LogP contribution in [0.2, 0.25) is 0 Å². The van der Waals surface area contributed by atoms with Gasteiger partial charge in [0.15, 0.2) is 0 Å². The van der Waals surface area contributed by atoms with Crippen LogP contribution < -0.4 is 0 Å². The number of nitrogens with zero attached hydrogens (tertiary/aromatic N) is 1. The highest BCUT2D eigenvalue weighted by Gasteiger charge is 2.24. The molecule has 0 amide bonds. The van der Waals surface area contributed by atoms with Crippen LogP contribution in [0.25, 0.3) is 0 Å². The fourth-order valence-corrected chi connectivity index (χ4v) is 3.51. The summed E-state index contributed by atoms with van der Waals surface area (Å²) in [7, 11) is 0. The third kappa shape index (κ3) is 3.35. The van der Waals surface area contributed by atoms with Gasteiger partial charge in [0, 0.05) is 23.5 Å². The van der Waals surface area contributed by atoms with Crippen molar-refractivity contribution in [2.45, 2.75) is 51.7 Å². The van der Waals surface area contributed by atoms with E-state index in [9.17, 15) is 0 Å². The van der Waals surface area contributed by atoms with Crippen LogP contribution in [-0.4, -0.2) is 28.7 Å². The van der Waals surface area contributed by atoms with Gasteiger partial charge in [0.25, 0.3) is 0 Å². The number of thiophene rings is 1. The topological polar surface area (TPSA) is 23.5 Å². The maximum atomic E-state index is 8.69. The molecular formula is C15H21NOS. The minimum atomic E-state index is -0.0621. The van der Waals surface area contributed by atoms with Crippen molar-refractivity contribution in [1.82, 2.24) is 4.90 Å². The zero-order chi connectivity index (χ0) is 13.0. The van der Waals surface area contributed by atoms with Crippen molar-refractivity contribution in [3.63, 3.8) is 0 Å². The Hall–Kier alpha value is -0.820. The summed E-state index contributed by atoms with van der Waals surface area (Å²) in [6, 6.07) is 5.59. The first-order valence-corrected chi connectivity index (χ1v) is 7.46. The monoisotopic (exact) mass is 263 g/mol. The largest absolute Gasteiger partial charge is 0.384 e. The van der Waals surface area contributed by atoms with Crippen molar-refractivity contribution in [3.8, 4) is 11.8 Å². The summed E-state index contributed by atoms with van der Waals surface area (Å²) in [5.74, 6) is 5.68. The fraction of sp³-hybridized carbons (Fsp3) is 0.600. The summed E-state index contributed by atoms with van der Waals surface area (Å²) in [6.45, 7) is 5.63. The molecule has 1 aliphatic heterocycles. The molecule has 2 atom stereocenters. The second-order valence-corrected chi connectivity index (χ2v) is 6.20. The van der Waals surface area contributed by atoms with Crippen molar-refractivity contribution in [3.05, 3.63) is 21.9 Å². The molecule has 0 radical (unpaired) electrons. The highest BCUT2D eigenvalue weighted by Crippen LogP contribution is 2.26. The molecule has 1 aromatic heterocycles. The van der Waals surface area contributed by atoms with E-state index in [4.69, 9.17) is 5.11 Å². The van der Waals surface area contributed by atoms with Gasteiger partial charge in [0.2, 0.25) is 0 Å².